The Bertz CT molecular complexity index is 2750. The summed E-state index contributed by atoms with van der Waals surface area (Å²) in [4.78, 5) is 72.9. The maximum Gasteiger partial charge on any atom is 0.407 e. The number of rotatable bonds is 10. The summed E-state index contributed by atoms with van der Waals surface area (Å²) in [5.41, 5.74) is 6.94. The summed E-state index contributed by atoms with van der Waals surface area (Å²) in [7, 11) is 2.54. The number of aliphatic hydroxyl groups is 1. The third-order valence-corrected chi connectivity index (χ3v) is 12.8. The van der Waals surface area contributed by atoms with Gasteiger partial charge in [-0.2, -0.15) is 0 Å². The summed E-state index contributed by atoms with van der Waals surface area (Å²) in [6, 6.07) is 21.0. The first-order valence-electron chi connectivity index (χ1n) is 21.7. The molecule has 0 bridgehead atoms. The van der Waals surface area contributed by atoms with Crippen molar-refractivity contribution in [1.82, 2.24) is 40.4 Å². The largest absolute Gasteiger partial charge is 0.488 e. The van der Waals surface area contributed by atoms with E-state index < -0.39 is 30.3 Å². The van der Waals surface area contributed by atoms with Gasteiger partial charge in [-0.15, -0.1) is 0 Å². The molecule has 0 spiro atoms. The van der Waals surface area contributed by atoms with Crippen molar-refractivity contribution in [1.29, 1.82) is 0 Å². The number of nitrogens with one attached hydrogen (secondary N) is 4. The fourth-order valence-electron chi connectivity index (χ4n) is 9.55. The lowest BCUT2D eigenvalue weighted by molar-refractivity contribution is -0.136. The standard InChI is InChI=1S/C48H52N8O8/c1-25(2)40(53-47(60)62-4)45(58)55-21-26(3)15-37(55)43-49-20-36(51-43)30-11-13-32-31(17-30)24-64-39-19-33-29(18-34(32)39)12-14-35-42(33)52-44(50-35)38-16-27(23-57)22-56(38)46(59)41(54-48(61)63-5)28-9-7-6-8-10-28/h6-14,17-20,25-27,37-38,40-41,57H,15-16,21-24H2,1-5H3,(H,49,51)(H,50,52)(H,53,60)(H,54,61)/t26-,27-,37-,38-,40-,41+/m0/s1. The molecule has 6 aromatic rings. The highest BCUT2D eigenvalue weighted by Gasteiger charge is 2.42. The average Bonchev–Trinajstić information content (AvgIpc) is 4.14. The lowest BCUT2D eigenvalue weighted by atomic mass is 9.92. The second-order valence-corrected chi connectivity index (χ2v) is 17.5. The van der Waals surface area contributed by atoms with E-state index in [0.29, 0.717) is 43.3 Å². The molecule has 16 nitrogen and oxygen atoms in total. The normalized spacial score (nSPS) is 20.1. The Morgan fingerprint density at radius 3 is 2.36 bits per heavy atom. The minimum absolute atomic E-state index is 0.0994. The number of ether oxygens (including phenoxy) is 3. The molecule has 332 valence electrons. The van der Waals surface area contributed by atoms with E-state index in [0.717, 1.165) is 61.9 Å². The fourth-order valence-corrected chi connectivity index (χ4v) is 9.55. The number of imidazole rings is 2. The molecular weight excluding hydrogens is 817 g/mol. The maximum atomic E-state index is 14.3. The van der Waals surface area contributed by atoms with Crippen LogP contribution in [0.15, 0.2) is 79.0 Å². The molecule has 4 aromatic carbocycles. The Morgan fingerprint density at radius 1 is 0.859 bits per heavy atom. The number of aromatic nitrogens is 4. The first kappa shape index (κ1) is 42.4. The quantitative estimate of drug-likeness (QED) is 0.0960. The molecule has 16 heteroatoms. The molecule has 5 heterocycles. The summed E-state index contributed by atoms with van der Waals surface area (Å²) in [6.07, 6.45) is 1.67. The summed E-state index contributed by atoms with van der Waals surface area (Å²) in [5, 5.41) is 17.5. The van der Waals surface area contributed by atoms with E-state index in [1.165, 1.54) is 14.2 Å². The number of fused-ring (bicyclic) bond motifs is 6. The van der Waals surface area contributed by atoms with Gasteiger partial charge in [-0.3, -0.25) is 9.59 Å². The molecule has 64 heavy (non-hydrogen) atoms. The zero-order valence-electron chi connectivity index (χ0n) is 36.4. The molecule has 9 rings (SSSR count). The number of hydrogen-bond donors (Lipinski definition) is 5. The number of aromatic amines is 2. The highest BCUT2D eigenvalue weighted by molar-refractivity contribution is 6.07. The van der Waals surface area contributed by atoms with Gasteiger partial charge < -0.3 is 49.7 Å². The lowest BCUT2D eigenvalue weighted by Crippen LogP contribution is -2.51. The first-order chi connectivity index (χ1) is 30.9. The van der Waals surface area contributed by atoms with Crippen LogP contribution < -0.4 is 15.4 Å². The van der Waals surface area contributed by atoms with Gasteiger partial charge >= 0.3 is 12.2 Å². The van der Waals surface area contributed by atoms with Crippen LogP contribution in [0, 0.1) is 17.8 Å². The van der Waals surface area contributed by atoms with Crippen LogP contribution in [0.5, 0.6) is 5.75 Å². The highest BCUT2D eigenvalue weighted by Crippen LogP contribution is 2.44. The maximum absolute atomic E-state index is 14.3. The number of carbonyl (C=O) groups excluding carboxylic acids is 4. The predicted molar refractivity (Wildman–Crippen MR) is 238 cm³/mol. The van der Waals surface area contributed by atoms with Crippen molar-refractivity contribution in [2.75, 3.05) is 33.9 Å². The average molecular weight is 869 g/mol. The molecule has 0 unspecified atom stereocenters. The van der Waals surface area contributed by atoms with Crippen LogP contribution >= 0.6 is 0 Å². The van der Waals surface area contributed by atoms with Crippen molar-refractivity contribution in [2.45, 2.75) is 64.4 Å². The van der Waals surface area contributed by atoms with E-state index in [2.05, 4.69) is 51.8 Å². The van der Waals surface area contributed by atoms with Crippen LogP contribution in [-0.4, -0.2) is 98.8 Å². The van der Waals surface area contributed by atoms with Gasteiger partial charge in [-0.25, -0.2) is 19.6 Å². The Morgan fingerprint density at radius 2 is 1.61 bits per heavy atom. The molecule has 2 aromatic heterocycles. The molecule has 0 radical (unpaired) electrons. The van der Waals surface area contributed by atoms with Crippen LogP contribution in [0.3, 0.4) is 0 Å². The number of hydrogen-bond acceptors (Lipinski definition) is 10. The zero-order valence-corrected chi connectivity index (χ0v) is 36.4. The number of amides is 4. The molecule has 2 saturated heterocycles. The van der Waals surface area contributed by atoms with E-state index in [1.54, 1.807) is 23.2 Å². The van der Waals surface area contributed by atoms with Gasteiger partial charge in [0.2, 0.25) is 5.91 Å². The summed E-state index contributed by atoms with van der Waals surface area (Å²) >= 11 is 0. The number of methoxy groups -OCH3 is 2. The van der Waals surface area contributed by atoms with Crippen LogP contribution in [0.1, 0.15) is 74.5 Å². The van der Waals surface area contributed by atoms with Crippen molar-refractivity contribution >= 4 is 45.8 Å². The minimum Gasteiger partial charge on any atom is -0.488 e. The Kier molecular flexibility index (Phi) is 11.5. The first-order valence-corrected chi connectivity index (χ1v) is 21.7. The minimum atomic E-state index is -0.996. The number of H-pyrrole nitrogens is 2. The number of nitrogens with zero attached hydrogens (tertiary/aromatic N) is 4. The van der Waals surface area contributed by atoms with E-state index in [9.17, 15) is 24.3 Å². The fraction of sp³-hybridized carbons (Fsp3) is 0.375. The summed E-state index contributed by atoms with van der Waals surface area (Å²) in [6.45, 7) is 7.01. The van der Waals surface area contributed by atoms with E-state index >= 15 is 0 Å². The van der Waals surface area contributed by atoms with Crippen molar-refractivity contribution in [2.24, 2.45) is 17.8 Å². The number of likely N-dealkylation sites (tertiary alicyclic amines) is 2. The van der Waals surface area contributed by atoms with Crippen molar-refractivity contribution in [3.8, 4) is 28.1 Å². The van der Waals surface area contributed by atoms with Crippen molar-refractivity contribution in [3.63, 3.8) is 0 Å². The molecule has 5 N–H and O–H groups in total. The van der Waals surface area contributed by atoms with E-state index in [1.807, 2.05) is 55.1 Å². The van der Waals surface area contributed by atoms with Gasteiger partial charge in [0.1, 0.15) is 36.1 Å². The third kappa shape index (κ3) is 7.86. The van der Waals surface area contributed by atoms with Gasteiger partial charge in [0.05, 0.1) is 49.2 Å². The van der Waals surface area contributed by atoms with Crippen LogP contribution in [0.25, 0.3) is 44.2 Å². The Hall–Kier alpha value is -6.94. The SMILES string of the molecule is COC(=O)N[C@H](C(=O)N1C[C@@H](C)C[C@H]1c1ncc(-c2ccc3c(c2)COc2cc4c(ccc5nc([C@@H]6C[C@H](CO)CN6C(=O)[C@H](NC(=O)OC)c6ccccc6)[nH]c54)cc2-3)[nH]1)C(C)C. The molecule has 0 saturated carbocycles. The summed E-state index contributed by atoms with van der Waals surface area (Å²) < 4.78 is 16.1. The van der Waals surface area contributed by atoms with E-state index in [4.69, 9.17) is 24.2 Å². The summed E-state index contributed by atoms with van der Waals surface area (Å²) in [5.74, 6) is 1.47. The van der Waals surface area contributed by atoms with E-state index in [-0.39, 0.29) is 42.2 Å². The van der Waals surface area contributed by atoms with Crippen molar-refractivity contribution in [3.05, 3.63) is 102 Å². The highest BCUT2D eigenvalue weighted by atomic mass is 16.5. The number of alkyl carbamates (subject to hydrolysis) is 2. The number of carbonyl (C=O) groups is 4. The van der Waals surface area contributed by atoms with Gasteiger partial charge in [0.15, 0.2) is 0 Å². The van der Waals surface area contributed by atoms with Crippen LogP contribution in [0.4, 0.5) is 9.59 Å². The predicted octanol–water partition coefficient (Wildman–Crippen LogP) is 6.93. The van der Waals surface area contributed by atoms with Gasteiger partial charge in [-0.1, -0.05) is 69.3 Å². The number of benzene rings is 4. The molecule has 3 aliphatic rings. The number of aliphatic hydroxyl groups excluding tert-OH is 1. The molecular formula is C48H52N8O8. The topological polar surface area (TPSA) is 204 Å². The van der Waals surface area contributed by atoms with Gasteiger partial charge in [-0.05, 0) is 76.6 Å². The van der Waals surface area contributed by atoms with Crippen LogP contribution in [-0.2, 0) is 25.7 Å². The molecule has 4 amide bonds. The van der Waals surface area contributed by atoms with Gasteiger partial charge in [0, 0.05) is 36.6 Å². The molecule has 0 aliphatic carbocycles. The van der Waals surface area contributed by atoms with Gasteiger partial charge in [0.25, 0.3) is 5.91 Å². The molecule has 3 aliphatic heterocycles. The lowest BCUT2D eigenvalue weighted by Gasteiger charge is -2.30. The van der Waals surface area contributed by atoms with Crippen molar-refractivity contribution < 1.29 is 38.5 Å². The second kappa shape index (κ2) is 17.3. The second-order valence-electron chi connectivity index (χ2n) is 17.5. The molecule has 6 atom stereocenters. The zero-order chi connectivity index (χ0) is 44.8. The van der Waals surface area contributed by atoms with Crippen LogP contribution in [0.2, 0.25) is 0 Å². The molecule has 2 fully saturated rings. The Balaban J connectivity index is 0.977. The smallest absolute Gasteiger partial charge is 0.407 e. The monoisotopic (exact) mass is 868 g/mol. The third-order valence-electron chi connectivity index (χ3n) is 12.8. The Labute approximate surface area is 369 Å².